The number of rotatable bonds is 4. The van der Waals surface area contributed by atoms with Crippen LogP contribution in [0.2, 0.25) is 0 Å². The Labute approximate surface area is 117 Å². The molecule has 1 amide bonds. The highest BCUT2D eigenvalue weighted by Gasteiger charge is 2.30. The first-order valence-electron chi connectivity index (χ1n) is 6.40. The fraction of sp³-hybridized carbons (Fsp3) is 0.429. The van der Waals surface area contributed by atoms with Crippen LogP contribution >= 0.6 is 12.2 Å². The lowest BCUT2D eigenvalue weighted by Gasteiger charge is -2.20. The third-order valence-electron chi connectivity index (χ3n) is 3.54. The van der Waals surface area contributed by atoms with Gasteiger partial charge in [0.05, 0.1) is 11.4 Å². The maximum Gasteiger partial charge on any atom is 0.224 e. The third-order valence-corrected chi connectivity index (χ3v) is 3.84. The summed E-state index contributed by atoms with van der Waals surface area (Å²) in [6, 6.07) is 6.30. The largest absolute Gasteiger partial charge is 0.393 e. The van der Waals surface area contributed by atoms with Crippen molar-refractivity contribution in [3.8, 4) is 0 Å². The molecule has 102 valence electrons. The van der Waals surface area contributed by atoms with Crippen molar-refractivity contribution < 1.29 is 9.18 Å². The molecule has 1 aliphatic carbocycles. The number of carbonyl (C=O) groups excluding carboxylic acids is 1. The molecule has 2 atom stereocenters. The van der Waals surface area contributed by atoms with E-state index in [1.165, 1.54) is 6.07 Å². The van der Waals surface area contributed by atoms with E-state index >= 15 is 0 Å². The second kappa shape index (κ2) is 6.10. The van der Waals surface area contributed by atoms with E-state index in [0.717, 1.165) is 19.3 Å². The molecule has 1 aliphatic rings. The van der Waals surface area contributed by atoms with Crippen LogP contribution in [0, 0.1) is 11.7 Å². The average molecular weight is 280 g/mol. The Kier molecular flexibility index (Phi) is 4.47. The van der Waals surface area contributed by atoms with E-state index in [-0.39, 0.29) is 30.1 Å². The Balaban J connectivity index is 1.95. The normalized spacial score (nSPS) is 22.2. The summed E-state index contributed by atoms with van der Waals surface area (Å²) in [5.41, 5.74) is 6.07. The van der Waals surface area contributed by atoms with Crippen molar-refractivity contribution in [1.29, 1.82) is 0 Å². The molecule has 0 bridgehead atoms. The lowest BCUT2D eigenvalue weighted by atomic mass is 10.0. The summed E-state index contributed by atoms with van der Waals surface area (Å²) in [7, 11) is 0. The molecular weight excluding hydrogens is 263 g/mol. The van der Waals surface area contributed by atoms with Gasteiger partial charge < -0.3 is 11.1 Å². The summed E-state index contributed by atoms with van der Waals surface area (Å²) in [5, 5.41) is 2.91. The quantitative estimate of drug-likeness (QED) is 0.829. The van der Waals surface area contributed by atoms with Crippen molar-refractivity contribution in [3.05, 3.63) is 35.6 Å². The number of nitrogens with two attached hydrogens (primary N) is 1. The van der Waals surface area contributed by atoms with Crippen LogP contribution in [0.3, 0.4) is 0 Å². The molecule has 2 rings (SSSR count). The highest BCUT2D eigenvalue weighted by molar-refractivity contribution is 7.80. The molecule has 2 unspecified atom stereocenters. The minimum absolute atomic E-state index is 0.00299. The van der Waals surface area contributed by atoms with Gasteiger partial charge in [-0.05, 0) is 24.5 Å². The van der Waals surface area contributed by atoms with E-state index in [4.69, 9.17) is 18.0 Å². The van der Waals surface area contributed by atoms with Crippen LogP contribution in [0.15, 0.2) is 24.3 Å². The van der Waals surface area contributed by atoms with Gasteiger partial charge in [0, 0.05) is 12.0 Å². The molecule has 1 aromatic carbocycles. The number of nitrogens with one attached hydrogen (secondary N) is 1. The van der Waals surface area contributed by atoms with E-state index in [2.05, 4.69) is 5.32 Å². The number of amides is 1. The number of thiocarbonyl (C=S) groups is 1. The van der Waals surface area contributed by atoms with Gasteiger partial charge in [0.1, 0.15) is 5.82 Å². The predicted molar refractivity (Wildman–Crippen MR) is 76.2 cm³/mol. The van der Waals surface area contributed by atoms with Gasteiger partial charge in [-0.2, -0.15) is 0 Å². The molecule has 5 heteroatoms. The Morgan fingerprint density at radius 1 is 1.42 bits per heavy atom. The molecule has 1 fully saturated rings. The van der Waals surface area contributed by atoms with Crippen LogP contribution < -0.4 is 11.1 Å². The number of halogens is 1. The first kappa shape index (κ1) is 13.9. The van der Waals surface area contributed by atoms with Gasteiger partial charge in [-0.3, -0.25) is 4.79 Å². The molecule has 0 saturated heterocycles. The molecule has 0 heterocycles. The van der Waals surface area contributed by atoms with Crippen molar-refractivity contribution >= 4 is 23.1 Å². The van der Waals surface area contributed by atoms with Crippen molar-refractivity contribution in [3.63, 3.8) is 0 Å². The highest BCUT2D eigenvalue weighted by Crippen LogP contribution is 2.26. The van der Waals surface area contributed by atoms with E-state index < -0.39 is 0 Å². The zero-order valence-electron chi connectivity index (χ0n) is 10.6. The molecule has 1 aromatic rings. The Hall–Kier alpha value is -1.49. The summed E-state index contributed by atoms with van der Waals surface area (Å²) < 4.78 is 13.4. The number of hydrogen-bond donors (Lipinski definition) is 2. The number of benzene rings is 1. The average Bonchev–Trinajstić information content (AvgIpc) is 2.80. The maximum absolute atomic E-state index is 13.4. The predicted octanol–water partition coefficient (Wildman–Crippen LogP) is 1.94. The molecule has 0 spiro atoms. The number of hydrogen-bond acceptors (Lipinski definition) is 2. The zero-order valence-corrected chi connectivity index (χ0v) is 11.4. The van der Waals surface area contributed by atoms with Crippen LogP contribution in [0.5, 0.6) is 0 Å². The molecule has 19 heavy (non-hydrogen) atoms. The lowest BCUT2D eigenvalue weighted by molar-refractivity contribution is -0.121. The molecule has 0 aliphatic heterocycles. The van der Waals surface area contributed by atoms with Gasteiger partial charge in [0.15, 0.2) is 0 Å². The third kappa shape index (κ3) is 3.50. The van der Waals surface area contributed by atoms with Crippen molar-refractivity contribution in [2.45, 2.75) is 31.7 Å². The van der Waals surface area contributed by atoms with Crippen molar-refractivity contribution in [1.82, 2.24) is 5.32 Å². The monoisotopic (exact) mass is 280 g/mol. The molecule has 0 radical (unpaired) electrons. The molecule has 3 N–H and O–H groups in total. The molecule has 1 saturated carbocycles. The Bertz CT molecular complexity index is 492. The SMILES string of the molecule is NC(=S)C1CCCC1NC(=O)Cc1ccccc1F. The zero-order chi connectivity index (χ0) is 13.8. The maximum atomic E-state index is 13.4. The Morgan fingerprint density at radius 2 is 2.16 bits per heavy atom. The van der Waals surface area contributed by atoms with E-state index in [1.807, 2.05) is 0 Å². The summed E-state index contributed by atoms with van der Waals surface area (Å²) in [4.78, 5) is 12.4. The van der Waals surface area contributed by atoms with Gasteiger partial charge in [-0.25, -0.2) is 4.39 Å². The smallest absolute Gasteiger partial charge is 0.224 e. The minimum atomic E-state index is -0.352. The standard InChI is InChI=1S/C14H17FN2OS/c15-11-6-2-1-4-9(11)8-13(18)17-12-7-3-5-10(12)14(16)19/h1-2,4,6,10,12H,3,5,7-8H2,(H2,16,19)(H,17,18). The second-order valence-electron chi connectivity index (χ2n) is 4.88. The van der Waals surface area contributed by atoms with E-state index in [9.17, 15) is 9.18 Å². The van der Waals surface area contributed by atoms with Crippen LogP contribution in [-0.4, -0.2) is 16.9 Å². The van der Waals surface area contributed by atoms with Crippen LogP contribution in [0.4, 0.5) is 4.39 Å². The van der Waals surface area contributed by atoms with Gasteiger partial charge in [0.2, 0.25) is 5.91 Å². The van der Waals surface area contributed by atoms with Gasteiger partial charge in [0.25, 0.3) is 0 Å². The lowest BCUT2D eigenvalue weighted by Crippen LogP contribution is -2.42. The summed E-state index contributed by atoms with van der Waals surface area (Å²) in [5.74, 6) is -0.465. The summed E-state index contributed by atoms with van der Waals surface area (Å²) in [6.45, 7) is 0. The van der Waals surface area contributed by atoms with Gasteiger partial charge in [-0.15, -0.1) is 0 Å². The van der Waals surface area contributed by atoms with Crippen LogP contribution in [0.1, 0.15) is 24.8 Å². The summed E-state index contributed by atoms with van der Waals surface area (Å²) in [6.07, 6.45) is 2.85. The van der Waals surface area contributed by atoms with E-state index in [0.29, 0.717) is 10.6 Å². The van der Waals surface area contributed by atoms with Gasteiger partial charge >= 0.3 is 0 Å². The molecule has 3 nitrogen and oxygen atoms in total. The molecular formula is C14H17FN2OS. The Morgan fingerprint density at radius 3 is 2.84 bits per heavy atom. The topological polar surface area (TPSA) is 55.1 Å². The fourth-order valence-electron chi connectivity index (χ4n) is 2.55. The van der Waals surface area contributed by atoms with Crippen LogP contribution in [0.25, 0.3) is 0 Å². The number of carbonyl (C=O) groups is 1. The highest BCUT2D eigenvalue weighted by atomic mass is 32.1. The summed E-state index contributed by atoms with van der Waals surface area (Å²) >= 11 is 5.00. The fourth-order valence-corrected chi connectivity index (χ4v) is 2.83. The first-order chi connectivity index (χ1) is 9.08. The van der Waals surface area contributed by atoms with Crippen molar-refractivity contribution in [2.24, 2.45) is 11.7 Å². The minimum Gasteiger partial charge on any atom is -0.393 e. The van der Waals surface area contributed by atoms with Gasteiger partial charge in [-0.1, -0.05) is 36.8 Å². The van der Waals surface area contributed by atoms with Crippen molar-refractivity contribution in [2.75, 3.05) is 0 Å². The molecule has 0 aromatic heterocycles. The van der Waals surface area contributed by atoms with E-state index in [1.54, 1.807) is 18.2 Å². The van der Waals surface area contributed by atoms with Crippen LogP contribution in [-0.2, 0) is 11.2 Å². The second-order valence-corrected chi connectivity index (χ2v) is 5.35. The first-order valence-corrected chi connectivity index (χ1v) is 6.81.